The molecule has 2 saturated carbocycles. The van der Waals surface area contributed by atoms with Gasteiger partial charge in [-0.15, -0.1) is 0 Å². The van der Waals surface area contributed by atoms with E-state index in [4.69, 9.17) is 17.3 Å². The van der Waals surface area contributed by atoms with Crippen molar-refractivity contribution in [3.05, 3.63) is 23.2 Å². The average Bonchev–Trinajstić information content (AvgIpc) is 2.90. The van der Waals surface area contributed by atoms with Gasteiger partial charge >= 0.3 is 0 Å². The topological polar surface area (TPSA) is 60.2 Å². The Bertz CT molecular complexity index is 564. The summed E-state index contributed by atoms with van der Waals surface area (Å²) in [7, 11) is -3.39. The lowest BCUT2D eigenvalue weighted by atomic mass is 10.0. The van der Waals surface area contributed by atoms with Gasteiger partial charge in [-0.2, -0.15) is 0 Å². The second-order valence-corrected chi connectivity index (χ2v) is 7.93. The van der Waals surface area contributed by atoms with Crippen LogP contribution in [0.4, 0.5) is 5.69 Å². The van der Waals surface area contributed by atoms with E-state index < -0.39 is 9.84 Å². The number of fused-ring (bicyclic) bond motifs is 2. The molecule has 2 aliphatic carbocycles. The Labute approximate surface area is 112 Å². The summed E-state index contributed by atoms with van der Waals surface area (Å²) < 4.78 is 25.4. The van der Waals surface area contributed by atoms with Crippen LogP contribution in [0.25, 0.3) is 0 Å². The first-order chi connectivity index (χ1) is 8.50. The lowest BCUT2D eigenvalue weighted by molar-refractivity contribution is 0.465. The van der Waals surface area contributed by atoms with Crippen LogP contribution < -0.4 is 5.73 Å². The van der Waals surface area contributed by atoms with Crippen molar-refractivity contribution in [3.8, 4) is 0 Å². The van der Waals surface area contributed by atoms with Crippen LogP contribution in [0.15, 0.2) is 23.1 Å². The van der Waals surface area contributed by atoms with Gasteiger partial charge in [0.05, 0.1) is 16.0 Å². The molecule has 0 radical (unpaired) electrons. The minimum Gasteiger partial charge on any atom is -0.398 e. The second kappa shape index (κ2) is 4.14. The van der Waals surface area contributed by atoms with Crippen LogP contribution in [-0.4, -0.2) is 13.7 Å². The lowest BCUT2D eigenvalue weighted by Gasteiger charge is -2.23. The van der Waals surface area contributed by atoms with Crippen molar-refractivity contribution in [3.63, 3.8) is 0 Å². The largest absolute Gasteiger partial charge is 0.398 e. The maximum atomic E-state index is 12.7. The molecule has 0 heterocycles. The predicted octanol–water partition coefficient (Wildman–Crippen LogP) is 2.88. The minimum absolute atomic E-state index is 0.143. The molecule has 0 aromatic heterocycles. The van der Waals surface area contributed by atoms with Crippen LogP contribution in [-0.2, 0) is 9.84 Å². The average molecular weight is 286 g/mol. The highest BCUT2D eigenvalue weighted by Crippen LogP contribution is 2.49. The quantitative estimate of drug-likeness (QED) is 0.850. The van der Waals surface area contributed by atoms with Crippen molar-refractivity contribution in [2.75, 3.05) is 5.73 Å². The second-order valence-electron chi connectivity index (χ2n) is 5.42. The maximum Gasteiger partial charge on any atom is 0.185 e. The molecular weight excluding hydrogens is 270 g/mol. The minimum atomic E-state index is -3.39. The van der Waals surface area contributed by atoms with E-state index in [2.05, 4.69) is 0 Å². The molecule has 2 N–H and O–H groups in total. The van der Waals surface area contributed by atoms with E-state index in [-0.39, 0.29) is 20.9 Å². The van der Waals surface area contributed by atoms with Crippen molar-refractivity contribution < 1.29 is 8.42 Å². The summed E-state index contributed by atoms with van der Waals surface area (Å²) in [5.41, 5.74) is 6.08. The first-order valence-corrected chi connectivity index (χ1v) is 8.20. The van der Waals surface area contributed by atoms with Gasteiger partial charge < -0.3 is 5.73 Å². The fraction of sp³-hybridized carbons (Fsp3) is 0.538. The van der Waals surface area contributed by atoms with E-state index >= 15 is 0 Å². The summed E-state index contributed by atoms with van der Waals surface area (Å²) in [6.45, 7) is 0. The van der Waals surface area contributed by atoms with Crippen molar-refractivity contribution >= 4 is 27.1 Å². The van der Waals surface area contributed by atoms with Crippen LogP contribution in [0, 0.1) is 11.8 Å². The van der Waals surface area contributed by atoms with Gasteiger partial charge in [-0.3, -0.25) is 0 Å². The number of hydrogen-bond acceptors (Lipinski definition) is 3. The first-order valence-electron chi connectivity index (χ1n) is 6.28. The highest BCUT2D eigenvalue weighted by atomic mass is 35.5. The maximum absolute atomic E-state index is 12.7. The Morgan fingerprint density at radius 3 is 2.56 bits per heavy atom. The number of rotatable bonds is 2. The summed E-state index contributed by atoms with van der Waals surface area (Å²) in [5.74, 6) is 0.883. The molecular formula is C13H16ClNO2S. The number of halogens is 1. The zero-order valence-electron chi connectivity index (χ0n) is 9.97. The molecule has 18 heavy (non-hydrogen) atoms. The van der Waals surface area contributed by atoms with Gasteiger partial charge in [0.15, 0.2) is 9.84 Å². The van der Waals surface area contributed by atoms with Crippen molar-refractivity contribution in [2.45, 2.75) is 35.8 Å². The Kier molecular flexibility index (Phi) is 2.83. The van der Waals surface area contributed by atoms with Gasteiger partial charge in [-0.1, -0.05) is 24.1 Å². The van der Waals surface area contributed by atoms with Crippen LogP contribution in [0.5, 0.6) is 0 Å². The van der Waals surface area contributed by atoms with Crippen molar-refractivity contribution in [1.82, 2.24) is 0 Å². The molecule has 2 bridgehead atoms. The molecule has 3 nitrogen and oxygen atoms in total. The smallest absolute Gasteiger partial charge is 0.185 e. The van der Waals surface area contributed by atoms with Gasteiger partial charge in [0.25, 0.3) is 0 Å². The van der Waals surface area contributed by atoms with Gasteiger partial charge in [0.2, 0.25) is 0 Å². The number of nitrogen functional groups attached to an aromatic ring is 1. The van der Waals surface area contributed by atoms with Gasteiger partial charge in [0.1, 0.15) is 4.90 Å². The molecule has 5 heteroatoms. The molecule has 0 amide bonds. The number of anilines is 1. The highest BCUT2D eigenvalue weighted by Gasteiger charge is 2.47. The number of nitrogens with two attached hydrogens (primary N) is 1. The van der Waals surface area contributed by atoms with Crippen LogP contribution in [0.2, 0.25) is 5.02 Å². The standard InChI is InChI=1S/C13H16ClNO2S/c14-10-2-1-3-11(15)13(10)18(16,17)12-7-8-4-5-9(12)6-8/h1-3,8-9,12H,4-7,15H2. The number of benzene rings is 1. The lowest BCUT2D eigenvalue weighted by Crippen LogP contribution is -2.28. The fourth-order valence-electron chi connectivity index (χ4n) is 3.54. The molecule has 3 unspecified atom stereocenters. The van der Waals surface area contributed by atoms with E-state index in [0.717, 1.165) is 19.3 Å². The number of sulfone groups is 1. The Morgan fingerprint density at radius 1 is 1.22 bits per heavy atom. The zero-order chi connectivity index (χ0) is 12.9. The van der Waals surface area contributed by atoms with Crippen LogP contribution in [0.1, 0.15) is 25.7 Å². The molecule has 0 spiro atoms. The van der Waals surface area contributed by atoms with E-state index in [1.54, 1.807) is 18.2 Å². The summed E-state index contributed by atoms with van der Waals surface area (Å²) in [5, 5.41) is -0.0313. The van der Waals surface area contributed by atoms with E-state index in [9.17, 15) is 8.42 Å². The third-order valence-electron chi connectivity index (χ3n) is 4.35. The Hall–Kier alpha value is -0.740. The third-order valence-corrected chi connectivity index (χ3v) is 7.18. The Morgan fingerprint density at radius 2 is 2.00 bits per heavy atom. The van der Waals surface area contributed by atoms with Crippen molar-refractivity contribution in [1.29, 1.82) is 0 Å². The summed E-state index contributed by atoms with van der Waals surface area (Å²) in [6.07, 6.45) is 4.03. The predicted molar refractivity (Wildman–Crippen MR) is 72.3 cm³/mol. The molecule has 3 atom stereocenters. The molecule has 1 aromatic rings. The summed E-state index contributed by atoms with van der Waals surface area (Å²) in [4.78, 5) is 0.143. The van der Waals surface area contributed by atoms with E-state index in [1.165, 1.54) is 6.42 Å². The van der Waals surface area contributed by atoms with E-state index in [1.807, 2.05) is 0 Å². The zero-order valence-corrected chi connectivity index (χ0v) is 11.5. The third kappa shape index (κ3) is 1.74. The molecule has 98 valence electrons. The first kappa shape index (κ1) is 12.3. The van der Waals surface area contributed by atoms with Gasteiger partial charge in [-0.25, -0.2) is 8.42 Å². The highest BCUT2D eigenvalue weighted by molar-refractivity contribution is 7.92. The van der Waals surface area contributed by atoms with Gasteiger partial charge in [-0.05, 0) is 43.2 Å². The molecule has 2 fully saturated rings. The van der Waals surface area contributed by atoms with Crippen molar-refractivity contribution in [2.24, 2.45) is 11.8 Å². The number of hydrogen-bond donors (Lipinski definition) is 1. The van der Waals surface area contributed by atoms with Crippen LogP contribution in [0.3, 0.4) is 0 Å². The molecule has 2 aliphatic rings. The normalized spacial score (nSPS) is 30.8. The molecule has 0 saturated heterocycles. The summed E-state index contributed by atoms with van der Waals surface area (Å²) >= 11 is 6.04. The van der Waals surface area contributed by atoms with E-state index in [0.29, 0.717) is 11.8 Å². The molecule has 0 aliphatic heterocycles. The van der Waals surface area contributed by atoms with Gasteiger partial charge in [0, 0.05) is 0 Å². The SMILES string of the molecule is Nc1cccc(Cl)c1S(=O)(=O)C1CC2CCC1C2. The Balaban J connectivity index is 2.05. The molecule has 1 aromatic carbocycles. The summed E-state index contributed by atoms with van der Waals surface area (Å²) in [6, 6.07) is 4.88. The van der Waals surface area contributed by atoms with Crippen LogP contribution >= 0.6 is 11.6 Å². The fourth-order valence-corrected chi connectivity index (χ4v) is 6.37. The monoisotopic (exact) mass is 285 g/mol. The molecule has 3 rings (SSSR count).